The van der Waals surface area contributed by atoms with E-state index in [1.807, 2.05) is 30.3 Å². The molecule has 0 aliphatic rings. The second kappa shape index (κ2) is 6.34. The Morgan fingerprint density at radius 1 is 1.25 bits per heavy atom. The lowest BCUT2D eigenvalue weighted by Crippen LogP contribution is -2.18. The Hall–Kier alpha value is -2.17. The fourth-order valence-corrected chi connectivity index (χ4v) is 1.09. The predicted octanol–water partition coefficient (Wildman–Crippen LogP) is 1.94. The molecule has 0 N–H and O–H groups in total. The Kier molecular flexibility index (Phi) is 4.72. The van der Waals surface area contributed by atoms with E-state index in [1.54, 1.807) is 0 Å². The summed E-state index contributed by atoms with van der Waals surface area (Å²) in [6.07, 6.45) is -1.25. The van der Waals surface area contributed by atoms with Crippen LogP contribution in [0.2, 0.25) is 0 Å². The predicted molar refractivity (Wildman–Crippen MR) is 58.1 cm³/mol. The molecular formula is C12H10N2O2. The number of hydrogen-bond acceptors (Lipinski definition) is 2. The molecule has 4 heteroatoms. The number of nitrogens with zero attached hydrogens (tertiary/aromatic N) is 2. The van der Waals surface area contributed by atoms with Gasteiger partial charge in [-0.25, -0.2) is 22.8 Å². The van der Waals surface area contributed by atoms with Crippen LogP contribution < -0.4 is 0 Å². The molecule has 80 valence electrons. The minimum atomic E-state index is -1.25. The summed E-state index contributed by atoms with van der Waals surface area (Å²) in [5.74, 6) is -0.485. The molecule has 1 rings (SSSR count). The van der Waals surface area contributed by atoms with E-state index in [1.165, 1.54) is 0 Å². The van der Waals surface area contributed by atoms with Gasteiger partial charge in [0.1, 0.15) is 6.61 Å². The summed E-state index contributed by atoms with van der Waals surface area (Å²) in [6.45, 7) is 13.4. The minimum Gasteiger partial charge on any atom is -0.368 e. The quantitative estimate of drug-likeness (QED) is 0.702. The van der Waals surface area contributed by atoms with E-state index >= 15 is 0 Å². The van der Waals surface area contributed by atoms with Gasteiger partial charge in [-0.15, -0.1) is 0 Å². The molecule has 0 saturated heterocycles. The summed E-state index contributed by atoms with van der Waals surface area (Å²) in [5.41, 5.74) is 0.956. The summed E-state index contributed by atoms with van der Waals surface area (Å²) in [5, 5.41) is 0. The summed E-state index contributed by atoms with van der Waals surface area (Å²) in [7, 11) is 0. The highest BCUT2D eigenvalue weighted by atomic mass is 16.5. The molecule has 0 aliphatic heterocycles. The number of carbonyl (C=O) groups excluding carboxylic acids is 1. The van der Waals surface area contributed by atoms with Gasteiger partial charge in [0.05, 0.1) is 6.61 Å². The van der Waals surface area contributed by atoms with Crippen molar-refractivity contribution in [3.8, 4) is 0 Å². The molecule has 0 heterocycles. The van der Waals surface area contributed by atoms with Crippen LogP contribution in [0.4, 0.5) is 0 Å². The zero-order chi connectivity index (χ0) is 11.8. The average molecular weight is 214 g/mol. The Labute approximate surface area is 94.1 Å². The molecule has 4 nitrogen and oxygen atoms in total. The number of Topliss-reactive ketones (excluding diaryl/α,β-unsaturated/α-hetero) is 1. The van der Waals surface area contributed by atoms with Crippen LogP contribution in [0.3, 0.4) is 0 Å². The van der Waals surface area contributed by atoms with E-state index in [-0.39, 0.29) is 6.61 Å². The van der Waals surface area contributed by atoms with Crippen molar-refractivity contribution < 1.29 is 9.53 Å². The molecule has 0 radical (unpaired) electrons. The lowest BCUT2D eigenvalue weighted by Gasteiger charge is -2.01. The molecule has 0 fully saturated rings. The van der Waals surface area contributed by atoms with Crippen LogP contribution in [-0.2, 0) is 16.1 Å². The number of ketones is 1. The number of hydrogen-bond donors (Lipinski definition) is 0. The Balaban J connectivity index is 2.35. The van der Waals surface area contributed by atoms with Crippen molar-refractivity contribution in [2.45, 2.75) is 12.8 Å². The largest absolute Gasteiger partial charge is 0.537 e. The minimum absolute atomic E-state index is 0.190. The van der Waals surface area contributed by atoms with E-state index in [0.717, 1.165) is 5.56 Å². The summed E-state index contributed by atoms with van der Waals surface area (Å²) < 4.78 is 5.13. The monoisotopic (exact) mass is 214 g/mol. The van der Waals surface area contributed by atoms with E-state index in [2.05, 4.69) is 9.69 Å². The first kappa shape index (κ1) is 11.9. The van der Waals surface area contributed by atoms with E-state index in [4.69, 9.17) is 17.9 Å². The number of ether oxygens (including phenoxy) is 1. The van der Waals surface area contributed by atoms with Gasteiger partial charge in [-0.2, -0.15) is 0 Å². The fraction of sp³-hybridized carbons (Fsp3) is 0.250. The third-order valence-electron chi connectivity index (χ3n) is 1.89. The molecule has 0 bridgehead atoms. The van der Waals surface area contributed by atoms with Crippen molar-refractivity contribution in [2.24, 2.45) is 0 Å². The summed E-state index contributed by atoms with van der Waals surface area (Å²) in [6, 6.07) is 9.41. The molecule has 0 saturated carbocycles. The normalized spacial score (nSPS) is 9.44. The van der Waals surface area contributed by atoms with Gasteiger partial charge >= 0.3 is 11.9 Å². The van der Waals surface area contributed by atoms with E-state index in [9.17, 15) is 4.79 Å². The summed E-state index contributed by atoms with van der Waals surface area (Å²) >= 11 is 0. The van der Waals surface area contributed by atoms with Crippen LogP contribution in [0.5, 0.6) is 0 Å². The number of carbonyl (C=O) groups is 1. The Bertz CT molecular complexity index is 415. The fourth-order valence-electron chi connectivity index (χ4n) is 1.09. The highest BCUT2D eigenvalue weighted by Crippen LogP contribution is 2.02. The van der Waals surface area contributed by atoms with Crippen LogP contribution in [-0.4, -0.2) is 18.6 Å². The number of benzene rings is 1. The molecule has 0 atom stereocenters. The first-order valence-electron chi connectivity index (χ1n) is 4.65. The number of rotatable bonds is 5. The molecule has 1 aromatic carbocycles. The lowest BCUT2D eigenvalue weighted by atomic mass is 10.2. The third kappa shape index (κ3) is 3.53. The molecule has 0 spiro atoms. The second-order valence-corrected chi connectivity index (χ2v) is 3.08. The van der Waals surface area contributed by atoms with Crippen molar-refractivity contribution in [1.29, 1.82) is 0 Å². The van der Waals surface area contributed by atoms with Crippen LogP contribution in [0.1, 0.15) is 5.56 Å². The van der Waals surface area contributed by atoms with Crippen LogP contribution in [0.15, 0.2) is 30.3 Å². The zero-order valence-electron chi connectivity index (χ0n) is 8.59. The van der Waals surface area contributed by atoms with Gasteiger partial charge in [0.15, 0.2) is 0 Å². The van der Waals surface area contributed by atoms with Gasteiger partial charge in [-0.1, -0.05) is 30.3 Å². The standard InChI is InChI=1S/C12H10N2O2/c1-13-12(14-2)11(15)9-16-8-10-6-4-3-5-7-10/h3-7,12H,8-9H2. The van der Waals surface area contributed by atoms with Crippen LogP contribution in [0, 0.1) is 13.1 Å². The third-order valence-corrected chi connectivity index (χ3v) is 1.89. The Morgan fingerprint density at radius 3 is 2.44 bits per heavy atom. The first-order valence-corrected chi connectivity index (χ1v) is 4.65. The summed E-state index contributed by atoms with van der Waals surface area (Å²) in [4.78, 5) is 17.0. The molecule has 16 heavy (non-hydrogen) atoms. The van der Waals surface area contributed by atoms with Gasteiger partial charge in [-0.05, 0) is 5.56 Å². The van der Waals surface area contributed by atoms with Crippen LogP contribution >= 0.6 is 0 Å². The van der Waals surface area contributed by atoms with Crippen molar-refractivity contribution >= 4 is 5.78 Å². The van der Waals surface area contributed by atoms with E-state index in [0.29, 0.717) is 6.61 Å². The van der Waals surface area contributed by atoms with Crippen molar-refractivity contribution in [2.75, 3.05) is 6.61 Å². The second-order valence-electron chi connectivity index (χ2n) is 3.08. The van der Waals surface area contributed by atoms with Gasteiger partial charge in [0.25, 0.3) is 0 Å². The van der Waals surface area contributed by atoms with Gasteiger partial charge in [0.2, 0.25) is 0 Å². The maximum Gasteiger partial charge on any atom is 0.537 e. The van der Waals surface area contributed by atoms with Gasteiger partial charge < -0.3 is 4.74 Å². The van der Waals surface area contributed by atoms with Crippen molar-refractivity contribution in [1.82, 2.24) is 0 Å². The molecule has 0 amide bonds. The Morgan fingerprint density at radius 2 is 1.88 bits per heavy atom. The molecule has 1 aromatic rings. The zero-order valence-corrected chi connectivity index (χ0v) is 8.59. The highest BCUT2D eigenvalue weighted by molar-refractivity contribution is 5.87. The van der Waals surface area contributed by atoms with Gasteiger partial charge in [0, 0.05) is 0 Å². The molecule has 0 aliphatic carbocycles. The van der Waals surface area contributed by atoms with Gasteiger partial charge in [-0.3, -0.25) is 4.79 Å². The topological polar surface area (TPSA) is 35.0 Å². The maximum absolute atomic E-state index is 11.2. The van der Waals surface area contributed by atoms with Crippen LogP contribution in [0.25, 0.3) is 9.69 Å². The highest BCUT2D eigenvalue weighted by Gasteiger charge is 2.27. The first-order chi connectivity index (χ1) is 7.77. The molecule has 0 unspecified atom stereocenters. The molecule has 0 aromatic heterocycles. The average Bonchev–Trinajstić information content (AvgIpc) is 2.32. The molecular weight excluding hydrogens is 204 g/mol. The maximum atomic E-state index is 11.2. The van der Waals surface area contributed by atoms with E-state index < -0.39 is 11.9 Å². The SMILES string of the molecule is [C-]#[N+]C([N+]#[C-])C(=O)COCc1ccccc1. The van der Waals surface area contributed by atoms with Crippen molar-refractivity contribution in [3.63, 3.8) is 0 Å². The smallest absolute Gasteiger partial charge is 0.368 e. The van der Waals surface area contributed by atoms with Crippen molar-refractivity contribution in [3.05, 3.63) is 58.7 Å². The lowest BCUT2D eigenvalue weighted by molar-refractivity contribution is -0.123.